The summed E-state index contributed by atoms with van der Waals surface area (Å²) in [6.45, 7) is 5.14. The van der Waals surface area contributed by atoms with E-state index in [4.69, 9.17) is 0 Å². The standard InChI is InChI=1S/C14H21N3O2/c1-3-16-8-7-12(10-15-2)14(16)11-5-4-6-13(9-11)17(18)19/h4-6,9,12,14-15H,3,7-8,10H2,1-2H3. The first kappa shape index (κ1) is 14.0. The predicted molar refractivity (Wildman–Crippen MR) is 75.1 cm³/mol. The molecule has 1 aromatic rings. The van der Waals surface area contributed by atoms with Gasteiger partial charge in [-0.15, -0.1) is 0 Å². The average molecular weight is 263 g/mol. The lowest BCUT2D eigenvalue weighted by Gasteiger charge is -2.27. The smallest absolute Gasteiger partial charge is 0.269 e. The quantitative estimate of drug-likeness (QED) is 0.653. The first-order valence-electron chi connectivity index (χ1n) is 6.80. The molecule has 5 nitrogen and oxygen atoms in total. The maximum atomic E-state index is 10.9. The Morgan fingerprint density at radius 2 is 2.32 bits per heavy atom. The second kappa shape index (κ2) is 6.12. The van der Waals surface area contributed by atoms with Gasteiger partial charge in [-0.3, -0.25) is 15.0 Å². The summed E-state index contributed by atoms with van der Waals surface area (Å²) < 4.78 is 0. The summed E-state index contributed by atoms with van der Waals surface area (Å²) in [6, 6.07) is 7.37. The molecule has 0 aromatic heterocycles. The van der Waals surface area contributed by atoms with E-state index < -0.39 is 0 Å². The molecule has 1 aliphatic heterocycles. The molecule has 104 valence electrons. The van der Waals surface area contributed by atoms with Crippen molar-refractivity contribution in [1.29, 1.82) is 0 Å². The predicted octanol–water partition coefficient (Wildman–Crippen LogP) is 2.20. The second-order valence-corrected chi connectivity index (χ2v) is 5.03. The minimum Gasteiger partial charge on any atom is -0.319 e. The molecule has 0 saturated carbocycles. The molecule has 2 rings (SSSR count). The third-order valence-electron chi connectivity index (χ3n) is 3.92. The Hall–Kier alpha value is -1.46. The number of benzene rings is 1. The van der Waals surface area contributed by atoms with Crippen LogP contribution in [-0.4, -0.2) is 36.5 Å². The van der Waals surface area contributed by atoms with Crippen molar-refractivity contribution < 1.29 is 4.92 Å². The molecule has 1 aliphatic rings. The van der Waals surface area contributed by atoms with Crippen molar-refractivity contribution in [2.24, 2.45) is 5.92 Å². The van der Waals surface area contributed by atoms with Crippen LogP contribution in [-0.2, 0) is 0 Å². The highest BCUT2D eigenvalue weighted by atomic mass is 16.6. The Labute approximate surface area is 113 Å². The molecule has 2 unspecified atom stereocenters. The van der Waals surface area contributed by atoms with E-state index in [1.807, 2.05) is 13.1 Å². The highest BCUT2D eigenvalue weighted by Gasteiger charge is 2.34. The van der Waals surface area contributed by atoms with Crippen molar-refractivity contribution in [2.45, 2.75) is 19.4 Å². The van der Waals surface area contributed by atoms with Gasteiger partial charge in [0.25, 0.3) is 5.69 Å². The Bertz CT molecular complexity index is 450. The lowest BCUT2D eigenvalue weighted by molar-refractivity contribution is -0.385. The van der Waals surface area contributed by atoms with Crippen LogP contribution in [0.4, 0.5) is 5.69 Å². The molecule has 1 N–H and O–H groups in total. The number of nitro benzene ring substituents is 1. The Morgan fingerprint density at radius 3 is 2.95 bits per heavy atom. The van der Waals surface area contributed by atoms with Crippen molar-refractivity contribution in [2.75, 3.05) is 26.7 Å². The van der Waals surface area contributed by atoms with Gasteiger partial charge in [0.05, 0.1) is 4.92 Å². The minimum absolute atomic E-state index is 0.184. The van der Waals surface area contributed by atoms with Crippen molar-refractivity contribution >= 4 is 5.69 Å². The Balaban J connectivity index is 2.30. The van der Waals surface area contributed by atoms with Gasteiger partial charge in [0.2, 0.25) is 0 Å². The van der Waals surface area contributed by atoms with E-state index in [1.165, 1.54) is 0 Å². The molecule has 1 fully saturated rings. The summed E-state index contributed by atoms with van der Waals surface area (Å²) >= 11 is 0. The number of nitrogens with zero attached hydrogens (tertiary/aromatic N) is 2. The summed E-state index contributed by atoms with van der Waals surface area (Å²) in [7, 11) is 1.96. The van der Waals surface area contributed by atoms with E-state index in [2.05, 4.69) is 17.1 Å². The summed E-state index contributed by atoms with van der Waals surface area (Å²) in [5.74, 6) is 0.520. The van der Waals surface area contributed by atoms with Gasteiger partial charge in [0.1, 0.15) is 0 Å². The van der Waals surface area contributed by atoms with Crippen LogP contribution in [0, 0.1) is 16.0 Å². The molecular weight excluding hydrogens is 242 g/mol. The van der Waals surface area contributed by atoms with E-state index in [1.54, 1.807) is 18.2 Å². The van der Waals surface area contributed by atoms with Gasteiger partial charge < -0.3 is 5.32 Å². The van der Waals surface area contributed by atoms with Crippen LogP contribution in [0.25, 0.3) is 0 Å². The Kier molecular flexibility index (Phi) is 4.50. The molecule has 5 heteroatoms. The zero-order valence-corrected chi connectivity index (χ0v) is 11.5. The lowest BCUT2D eigenvalue weighted by Crippen LogP contribution is -2.29. The SMILES string of the molecule is CCN1CCC(CNC)C1c1cccc([N+](=O)[O-])c1. The van der Waals surface area contributed by atoms with E-state index in [0.29, 0.717) is 5.92 Å². The third kappa shape index (κ3) is 2.93. The number of hydrogen-bond acceptors (Lipinski definition) is 4. The summed E-state index contributed by atoms with van der Waals surface area (Å²) in [4.78, 5) is 13.0. The monoisotopic (exact) mass is 263 g/mol. The molecule has 2 atom stereocenters. The zero-order chi connectivity index (χ0) is 13.8. The van der Waals surface area contributed by atoms with Crippen LogP contribution in [0.3, 0.4) is 0 Å². The highest BCUT2D eigenvalue weighted by Crippen LogP contribution is 2.37. The van der Waals surface area contributed by atoms with Gasteiger partial charge in [0, 0.05) is 18.2 Å². The van der Waals surface area contributed by atoms with Crippen LogP contribution in [0.15, 0.2) is 24.3 Å². The van der Waals surface area contributed by atoms with Crippen molar-refractivity contribution in [3.05, 3.63) is 39.9 Å². The minimum atomic E-state index is -0.318. The van der Waals surface area contributed by atoms with Gasteiger partial charge in [-0.25, -0.2) is 0 Å². The summed E-state index contributed by atoms with van der Waals surface area (Å²) in [6.07, 6.45) is 1.14. The molecular formula is C14H21N3O2. The fourth-order valence-corrected chi connectivity index (χ4v) is 3.06. The van der Waals surface area contributed by atoms with Gasteiger partial charge in [-0.1, -0.05) is 19.1 Å². The maximum Gasteiger partial charge on any atom is 0.269 e. The number of nitrogens with one attached hydrogen (secondary N) is 1. The van der Waals surface area contributed by atoms with Crippen molar-refractivity contribution in [3.8, 4) is 0 Å². The maximum absolute atomic E-state index is 10.9. The van der Waals surface area contributed by atoms with Crippen LogP contribution in [0.2, 0.25) is 0 Å². The van der Waals surface area contributed by atoms with E-state index in [0.717, 1.165) is 31.6 Å². The normalized spacial score (nSPS) is 23.7. The summed E-state index contributed by atoms with van der Waals surface area (Å²) in [5.41, 5.74) is 1.25. The van der Waals surface area contributed by atoms with E-state index in [-0.39, 0.29) is 16.7 Å². The fraction of sp³-hybridized carbons (Fsp3) is 0.571. The summed E-state index contributed by atoms with van der Waals surface area (Å²) in [5, 5.41) is 14.1. The molecule has 0 spiro atoms. The number of likely N-dealkylation sites (tertiary alicyclic amines) is 1. The Morgan fingerprint density at radius 1 is 1.53 bits per heavy atom. The van der Waals surface area contributed by atoms with Crippen LogP contribution >= 0.6 is 0 Å². The zero-order valence-electron chi connectivity index (χ0n) is 11.5. The van der Waals surface area contributed by atoms with Crippen LogP contribution < -0.4 is 5.32 Å². The van der Waals surface area contributed by atoms with Gasteiger partial charge >= 0.3 is 0 Å². The van der Waals surface area contributed by atoms with E-state index >= 15 is 0 Å². The molecule has 0 bridgehead atoms. The highest BCUT2D eigenvalue weighted by molar-refractivity contribution is 5.36. The van der Waals surface area contributed by atoms with Gasteiger partial charge in [0.15, 0.2) is 0 Å². The van der Waals surface area contributed by atoms with Crippen LogP contribution in [0.5, 0.6) is 0 Å². The molecule has 0 radical (unpaired) electrons. The molecule has 1 aromatic carbocycles. The number of rotatable bonds is 5. The molecule has 0 amide bonds. The van der Waals surface area contributed by atoms with E-state index in [9.17, 15) is 10.1 Å². The number of hydrogen-bond donors (Lipinski definition) is 1. The first-order valence-corrected chi connectivity index (χ1v) is 6.80. The number of nitro groups is 1. The van der Waals surface area contributed by atoms with Crippen molar-refractivity contribution in [1.82, 2.24) is 10.2 Å². The largest absolute Gasteiger partial charge is 0.319 e. The molecule has 1 saturated heterocycles. The average Bonchev–Trinajstić information content (AvgIpc) is 2.82. The van der Waals surface area contributed by atoms with Crippen molar-refractivity contribution in [3.63, 3.8) is 0 Å². The van der Waals surface area contributed by atoms with Crippen LogP contribution in [0.1, 0.15) is 24.9 Å². The molecule has 19 heavy (non-hydrogen) atoms. The fourth-order valence-electron chi connectivity index (χ4n) is 3.06. The molecule has 1 heterocycles. The lowest BCUT2D eigenvalue weighted by atomic mass is 9.93. The number of non-ortho nitro benzene ring substituents is 1. The van der Waals surface area contributed by atoms with Gasteiger partial charge in [-0.05, 0) is 44.6 Å². The second-order valence-electron chi connectivity index (χ2n) is 5.03. The third-order valence-corrected chi connectivity index (χ3v) is 3.92. The molecule has 0 aliphatic carbocycles. The topological polar surface area (TPSA) is 58.4 Å². The van der Waals surface area contributed by atoms with Gasteiger partial charge in [-0.2, -0.15) is 0 Å². The first-order chi connectivity index (χ1) is 9.17.